The second-order valence-electron chi connectivity index (χ2n) is 5.47. The van der Waals surface area contributed by atoms with Crippen LogP contribution in [-0.2, 0) is 4.74 Å². The number of aliphatic hydroxyl groups excluding tert-OH is 1. The lowest BCUT2D eigenvalue weighted by Gasteiger charge is -2.24. The first-order chi connectivity index (χ1) is 9.92. The van der Waals surface area contributed by atoms with Crippen molar-refractivity contribution in [3.05, 3.63) is 47.0 Å². The molecule has 0 fully saturated rings. The normalized spacial score (nSPS) is 14.2. The molecule has 1 rings (SSSR count). The number of aliphatic hydroxyl groups is 1. The molecule has 2 atom stereocenters. The lowest BCUT2D eigenvalue weighted by molar-refractivity contribution is -0.0142. The van der Waals surface area contributed by atoms with Gasteiger partial charge in [0.2, 0.25) is 0 Å². The zero-order chi connectivity index (χ0) is 15.8. The van der Waals surface area contributed by atoms with E-state index in [9.17, 15) is 5.11 Å². The molecule has 0 aromatic heterocycles. The third-order valence-electron chi connectivity index (χ3n) is 3.29. The van der Waals surface area contributed by atoms with Crippen molar-refractivity contribution in [3.63, 3.8) is 0 Å². The fourth-order valence-electron chi connectivity index (χ4n) is 2.12. The van der Waals surface area contributed by atoms with Crippen LogP contribution in [0.2, 0.25) is 5.02 Å². The highest BCUT2D eigenvalue weighted by molar-refractivity contribution is 6.30. The third-order valence-corrected chi connectivity index (χ3v) is 3.54. The zero-order valence-corrected chi connectivity index (χ0v) is 13.9. The lowest BCUT2D eigenvalue weighted by Crippen LogP contribution is -2.36. The Balaban J connectivity index is 2.39. The Labute approximate surface area is 133 Å². The van der Waals surface area contributed by atoms with E-state index in [1.54, 1.807) is 0 Å². The SMILES string of the molecule is C=C(C)CN(CC)C[C@@H](O)CO[C@@H](C)c1ccc(Cl)cc1. The molecule has 1 N–H and O–H groups in total. The summed E-state index contributed by atoms with van der Waals surface area (Å²) in [7, 11) is 0. The monoisotopic (exact) mass is 311 g/mol. The summed E-state index contributed by atoms with van der Waals surface area (Å²) in [6, 6.07) is 7.58. The van der Waals surface area contributed by atoms with Crippen LogP contribution < -0.4 is 0 Å². The van der Waals surface area contributed by atoms with Gasteiger partial charge in [-0.3, -0.25) is 4.90 Å². The minimum atomic E-state index is -0.501. The second-order valence-corrected chi connectivity index (χ2v) is 5.90. The number of rotatable bonds is 9. The zero-order valence-electron chi connectivity index (χ0n) is 13.2. The highest BCUT2D eigenvalue weighted by atomic mass is 35.5. The van der Waals surface area contributed by atoms with Crippen molar-refractivity contribution in [1.29, 1.82) is 0 Å². The molecule has 0 radical (unpaired) electrons. The van der Waals surface area contributed by atoms with E-state index in [-0.39, 0.29) is 6.10 Å². The van der Waals surface area contributed by atoms with Gasteiger partial charge in [-0.05, 0) is 38.1 Å². The average Bonchev–Trinajstić information content (AvgIpc) is 2.44. The largest absolute Gasteiger partial charge is 0.389 e. The van der Waals surface area contributed by atoms with Gasteiger partial charge in [-0.15, -0.1) is 0 Å². The summed E-state index contributed by atoms with van der Waals surface area (Å²) >= 11 is 5.87. The van der Waals surface area contributed by atoms with Crippen molar-refractivity contribution >= 4 is 11.6 Å². The summed E-state index contributed by atoms with van der Waals surface area (Å²) in [6.07, 6.45) is -0.563. The summed E-state index contributed by atoms with van der Waals surface area (Å²) in [4.78, 5) is 2.16. The Kier molecular flexibility index (Phi) is 7.97. The average molecular weight is 312 g/mol. The standard InChI is InChI=1S/C17H26ClNO2/c1-5-19(10-13(2)3)11-17(20)12-21-14(4)15-6-8-16(18)9-7-15/h6-9,14,17,20H,2,5,10-12H2,1,3-4H3/t14-,17+/m0/s1. The van der Waals surface area contributed by atoms with Gasteiger partial charge in [0.25, 0.3) is 0 Å². The van der Waals surface area contributed by atoms with Crippen molar-refractivity contribution in [2.75, 3.05) is 26.2 Å². The van der Waals surface area contributed by atoms with Crippen LogP contribution in [0.15, 0.2) is 36.4 Å². The van der Waals surface area contributed by atoms with E-state index < -0.39 is 6.10 Å². The number of halogens is 1. The third kappa shape index (κ3) is 7.09. The molecule has 4 heteroatoms. The first kappa shape index (κ1) is 18.2. The smallest absolute Gasteiger partial charge is 0.0900 e. The lowest BCUT2D eigenvalue weighted by atomic mass is 10.1. The maximum absolute atomic E-state index is 10.1. The van der Waals surface area contributed by atoms with Gasteiger partial charge in [0.1, 0.15) is 0 Å². The summed E-state index contributed by atoms with van der Waals surface area (Å²) in [5.41, 5.74) is 2.15. The topological polar surface area (TPSA) is 32.7 Å². The van der Waals surface area contributed by atoms with Crippen molar-refractivity contribution in [3.8, 4) is 0 Å². The van der Waals surface area contributed by atoms with Crippen LogP contribution in [0.4, 0.5) is 0 Å². The van der Waals surface area contributed by atoms with Crippen LogP contribution in [0.25, 0.3) is 0 Å². The Morgan fingerprint density at radius 2 is 2.00 bits per heavy atom. The van der Waals surface area contributed by atoms with Crippen molar-refractivity contribution in [2.45, 2.75) is 33.0 Å². The number of benzene rings is 1. The molecule has 0 amide bonds. The molecule has 0 bridgehead atoms. The van der Waals surface area contributed by atoms with Crippen LogP contribution in [0.5, 0.6) is 0 Å². The van der Waals surface area contributed by atoms with Crippen LogP contribution in [0.1, 0.15) is 32.4 Å². The van der Waals surface area contributed by atoms with Crippen molar-refractivity contribution in [1.82, 2.24) is 4.90 Å². The highest BCUT2D eigenvalue weighted by Gasteiger charge is 2.13. The minimum Gasteiger partial charge on any atom is -0.389 e. The molecular formula is C17H26ClNO2. The van der Waals surface area contributed by atoms with E-state index in [4.69, 9.17) is 16.3 Å². The fourth-order valence-corrected chi connectivity index (χ4v) is 2.25. The van der Waals surface area contributed by atoms with Gasteiger partial charge in [-0.1, -0.05) is 42.8 Å². The minimum absolute atomic E-state index is 0.0619. The summed E-state index contributed by atoms with van der Waals surface area (Å²) in [6.45, 7) is 12.6. The number of ether oxygens (including phenoxy) is 1. The molecule has 3 nitrogen and oxygen atoms in total. The van der Waals surface area contributed by atoms with Crippen LogP contribution in [0, 0.1) is 0 Å². The van der Waals surface area contributed by atoms with E-state index in [1.807, 2.05) is 38.1 Å². The Morgan fingerprint density at radius 3 is 2.52 bits per heavy atom. The van der Waals surface area contributed by atoms with Crippen molar-refractivity contribution < 1.29 is 9.84 Å². The Hall–Kier alpha value is -0.870. The Morgan fingerprint density at radius 1 is 1.38 bits per heavy atom. The maximum atomic E-state index is 10.1. The molecule has 0 unspecified atom stereocenters. The number of nitrogens with zero attached hydrogens (tertiary/aromatic N) is 1. The number of likely N-dealkylation sites (N-methyl/N-ethyl adjacent to an activating group) is 1. The fraction of sp³-hybridized carbons (Fsp3) is 0.529. The molecule has 21 heavy (non-hydrogen) atoms. The van der Waals surface area contributed by atoms with Crippen molar-refractivity contribution in [2.24, 2.45) is 0 Å². The van der Waals surface area contributed by atoms with Gasteiger partial charge in [0, 0.05) is 18.1 Å². The second kappa shape index (κ2) is 9.21. The summed E-state index contributed by atoms with van der Waals surface area (Å²) < 4.78 is 5.74. The summed E-state index contributed by atoms with van der Waals surface area (Å²) in [5, 5.41) is 10.8. The predicted octanol–water partition coefficient (Wildman–Crippen LogP) is 3.68. The van der Waals surface area contributed by atoms with Gasteiger partial charge in [-0.2, -0.15) is 0 Å². The molecular weight excluding hydrogens is 286 g/mol. The van der Waals surface area contributed by atoms with E-state index in [2.05, 4.69) is 18.4 Å². The van der Waals surface area contributed by atoms with E-state index >= 15 is 0 Å². The van der Waals surface area contributed by atoms with Gasteiger partial charge in [0.15, 0.2) is 0 Å². The van der Waals surface area contributed by atoms with Crippen LogP contribution in [0.3, 0.4) is 0 Å². The first-order valence-electron chi connectivity index (χ1n) is 7.34. The molecule has 1 aromatic rings. The molecule has 0 aliphatic rings. The maximum Gasteiger partial charge on any atom is 0.0900 e. The van der Waals surface area contributed by atoms with Gasteiger partial charge in [0.05, 0.1) is 18.8 Å². The predicted molar refractivity (Wildman–Crippen MR) is 88.8 cm³/mol. The molecule has 118 valence electrons. The summed E-state index contributed by atoms with van der Waals surface area (Å²) in [5.74, 6) is 0. The highest BCUT2D eigenvalue weighted by Crippen LogP contribution is 2.19. The van der Waals surface area contributed by atoms with Gasteiger partial charge >= 0.3 is 0 Å². The molecule has 1 aromatic carbocycles. The molecule has 0 heterocycles. The molecule has 0 aliphatic carbocycles. The van der Waals surface area contributed by atoms with Crippen LogP contribution >= 0.6 is 11.6 Å². The molecule has 0 aliphatic heterocycles. The van der Waals surface area contributed by atoms with E-state index in [1.165, 1.54) is 0 Å². The molecule has 0 saturated heterocycles. The Bertz CT molecular complexity index is 433. The quantitative estimate of drug-likeness (QED) is 0.706. The molecule has 0 spiro atoms. The van der Waals surface area contributed by atoms with E-state index in [0.29, 0.717) is 18.2 Å². The number of hydrogen-bond donors (Lipinski definition) is 1. The van der Waals surface area contributed by atoms with Gasteiger partial charge < -0.3 is 9.84 Å². The number of hydrogen-bond acceptors (Lipinski definition) is 3. The molecule has 0 saturated carbocycles. The van der Waals surface area contributed by atoms with E-state index in [0.717, 1.165) is 24.2 Å². The van der Waals surface area contributed by atoms with Crippen LogP contribution in [-0.4, -0.2) is 42.4 Å². The first-order valence-corrected chi connectivity index (χ1v) is 7.72. The van der Waals surface area contributed by atoms with Gasteiger partial charge in [-0.25, -0.2) is 0 Å².